The van der Waals surface area contributed by atoms with E-state index in [4.69, 9.17) is 4.74 Å². The standard InChI is InChI=1S/C24H44O6/c1-19(25)16-23-18-21(27)13-11-9-7-5-3-2-4-6-8-10-12-20(26)17-22(28)14-15-24(29)30-23/h14-15,19-23,25-28H,2-13,16-18H2,1H3/t19-,20+,21-,22-,23-/m1/s1. The Bertz CT molecular complexity index is 465. The maximum atomic E-state index is 12.1. The van der Waals surface area contributed by atoms with Crippen molar-refractivity contribution < 1.29 is 30.0 Å². The van der Waals surface area contributed by atoms with E-state index in [-0.39, 0.29) is 12.8 Å². The minimum Gasteiger partial charge on any atom is -0.459 e. The van der Waals surface area contributed by atoms with Gasteiger partial charge in [-0.3, -0.25) is 0 Å². The summed E-state index contributed by atoms with van der Waals surface area (Å²) in [5.41, 5.74) is 0. The first kappa shape index (κ1) is 27.1. The molecule has 1 heterocycles. The molecule has 5 atom stereocenters. The molecule has 1 aliphatic heterocycles. The van der Waals surface area contributed by atoms with Crippen LogP contribution in [0.25, 0.3) is 0 Å². The molecule has 1 rings (SSSR count). The number of carbonyl (C=O) groups is 1. The van der Waals surface area contributed by atoms with Crippen LogP contribution in [0.15, 0.2) is 12.2 Å². The van der Waals surface area contributed by atoms with Crippen LogP contribution in [-0.4, -0.2) is 56.9 Å². The summed E-state index contributed by atoms with van der Waals surface area (Å²) in [4.78, 5) is 12.1. The average Bonchev–Trinajstić information content (AvgIpc) is 2.66. The molecule has 30 heavy (non-hydrogen) atoms. The van der Waals surface area contributed by atoms with Crippen molar-refractivity contribution in [2.24, 2.45) is 0 Å². The zero-order valence-corrected chi connectivity index (χ0v) is 18.8. The lowest BCUT2D eigenvalue weighted by atomic mass is 10.00. The molecule has 0 aromatic carbocycles. The van der Waals surface area contributed by atoms with Crippen molar-refractivity contribution >= 4 is 5.97 Å². The van der Waals surface area contributed by atoms with Crippen LogP contribution in [0.2, 0.25) is 0 Å². The van der Waals surface area contributed by atoms with Crippen molar-refractivity contribution in [3.05, 3.63) is 12.2 Å². The molecule has 0 aromatic heterocycles. The first-order chi connectivity index (χ1) is 14.4. The smallest absolute Gasteiger partial charge is 0.330 e. The molecule has 0 aromatic rings. The summed E-state index contributed by atoms with van der Waals surface area (Å²) in [6, 6.07) is 0. The topological polar surface area (TPSA) is 107 Å². The normalized spacial score (nSPS) is 31.2. The highest BCUT2D eigenvalue weighted by atomic mass is 16.5. The number of esters is 1. The Labute approximate surface area is 182 Å². The lowest BCUT2D eigenvalue weighted by molar-refractivity contribution is -0.145. The van der Waals surface area contributed by atoms with Gasteiger partial charge in [-0.25, -0.2) is 4.79 Å². The lowest BCUT2D eigenvalue weighted by Gasteiger charge is -2.21. The molecule has 0 spiro atoms. The molecule has 0 radical (unpaired) electrons. The number of aliphatic hydroxyl groups excluding tert-OH is 4. The van der Waals surface area contributed by atoms with Crippen molar-refractivity contribution in [3.63, 3.8) is 0 Å². The first-order valence-corrected chi connectivity index (χ1v) is 12.0. The van der Waals surface area contributed by atoms with Gasteiger partial charge in [0.25, 0.3) is 0 Å². The number of cyclic esters (lactones) is 1. The minimum absolute atomic E-state index is 0.194. The molecular weight excluding hydrogens is 384 g/mol. The molecule has 6 nitrogen and oxygen atoms in total. The van der Waals surface area contributed by atoms with Gasteiger partial charge in [0.1, 0.15) is 6.10 Å². The fraction of sp³-hybridized carbons (Fsp3) is 0.875. The van der Waals surface area contributed by atoms with Crippen LogP contribution in [0, 0.1) is 0 Å². The van der Waals surface area contributed by atoms with Crippen LogP contribution in [-0.2, 0) is 9.53 Å². The average molecular weight is 429 g/mol. The Morgan fingerprint density at radius 3 is 1.83 bits per heavy atom. The van der Waals surface area contributed by atoms with E-state index in [0.717, 1.165) is 25.7 Å². The molecule has 0 fully saturated rings. The van der Waals surface area contributed by atoms with Crippen LogP contribution in [0.5, 0.6) is 0 Å². The quantitative estimate of drug-likeness (QED) is 0.499. The zero-order valence-electron chi connectivity index (χ0n) is 18.8. The highest BCUT2D eigenvalue weighted by molar-refractivity contribution is 5.82. The number of hydrogen-bond donors (Lipinski definition) is 4. The second-order valence-corrected chi connectivity index (χ2v) is 8.96. The van der Waals surface area contributed by atoms with Gasteiger partial charge >= 0.3 is 5.97 Å². The van der Waals surface area contributed by atoms with E-state index in [2.05, 4.69) is 0 Å². The van der Waals surface area contributed by atoms with E-state index in [1.54, 1.807) is 6.92 Å². The van der Waals surface area contributed by atoms with E-state index >= 15 is 0 Å². The maximum Gasteiger partial charge on any atom is 0.330 e. The number of aliphatic hydroxyl groups is 4. The van der Waals surface area contributed by atoms with Gasteiger partial charge in [-0.15, -0.1) is 0 Å². The van der Waals surface area contributed by atoms with Gasteiger partial charge in [-0.05, 0) is 25.8 Å². The molecule has 6 heteroatoms. The molecule has 176 valence electrons. The van der Waals surface area contributed by atoms with Gasteiger partial charge < -0.3 is 25.2 Å². The van der Waals surface area contributed by atoms with E-state index in [9.17, 15) is 25.2 Å². The highest BCUT2D eigenvalue weighted by Gasteiger charge is 2.20. The van der Waals surface area contributed by atoms with Crippen molar-refractivity contribution in [1.82, 2.24) is 0 Å². The second-order valence-electron chi connectivity index (χ2n) is 8.96. The fourth-order valence-electron chi connectivity index (χ4n) is 4.04. The zero-order chi connectivity index (χ0) is 22.2. The monoisotopic (exact) mass is 428 g/mol. The third-order valence-electron chi connectivity index (χ3n) is 5.71. The minimum atomic E-state index is -0.911. The Morgan fingerprint density at radius 2 is 1.33 bits per heavy atom. The van der Waals surface area contributed by atoms with E-state index in [0.29, 0.717) is 19.3 Å². The van der Waals surface area contributed by atoms with E-state index in [1.165, 1.54) is 50.7 Å². The molecule has 0 saturated carbocycles. The van der Waals surface area contributed by atoms with Crippen molar-refractivity contribution in [3.8, 4) is 0 Å². The molecule has 0 saturated heterocycles. The molecule has 1 aliphatic rings. The predicted molar refractivity (Wildman–Crippen MR) is 118 cm³/mol. The Hall–Kier alpha value is -0.950. The van der Waals surface area contributed by atoms with Crippen molar-refractivity contribution in [1.29, 1.82) is 0 Å². The molecule has 0 amide bonds. The summed E-state index contributed by atoms with van der Waals surface area (Å²) in [7, 11) is 0. The van der Waals surface area contributed by atoms with E-state index < -0.39 is 36.5 Å². The number of carbonyl (C=O) groups excluding carboxylic acids is 1. The molecule has 4 N–H and O–H groups in total. The van der Waals surface area contributed by atoms with Crippen LogP contribution >= 0.6 is 0 Å². The van der Waals surface area contributed by atoms with Gasteiger partial charge in [0.05, 0.1) is 24.4 Å². The summed E-state index contributed by atoms with van der Waals surface area (Å²) in [5, 5.41) is 40.1. The Balaban J connectivity index is 2.61. The van der Waals surface area contributed by atoms with E-state index in [1.807, 2.05) is 0 Å². The summed E-state index contributed by atoms with van der Waals surface area (Å²) in [6.07, 6.45) is 12.7. The van der Waals surface area contributed by atoms with Crippen molar-refractivity contribution in [2.75, 3.05) is 0 Å². The predicted octanol–water partition coefficient (Wildman–Crippen LogP) is 3.78. The summed E-state index contributed by atoms with van der Waals surface area (Å²) < 4.78 is 5.40. The summed E-state index contributed by atoms with van der Waals surface area (Å²) in [5.74, 6) is -0.608. The molecule has 0 bridgehead atoms. The maximum absolute atomic E-state index is 12.1. The second kappa shape index (κ2) is 16.7. The Morgan fingerprint density at radius 1 is 0.867 bits per heavy atom. The van der Waals surface area contributed by atoms with Gasteiger partial charge in [-0.2, -0.15) is 0 Å². The van der Waals surface area contributed by atoms with Gasteiger partial charge in [0.2, 0.25) is 0 Å². The Kier molecular flexibility index (Phi) is 15.1. The lowest BCUT2D eigenvalue weighted by Crippen LogP contribution is -2.27. The molecule has 0 unspecified atom stereocenters. The third-order valence-corrected chi connectivity index (χ3v) is 5.71. The fourth-order valence-corrected chi connectivity index (χ4v) is 4.04. The molecular formula is C24H44O6. The highest BCUT2D eigenvalue weighted by Crippen LogP contribution is 2.18. The number of ether oxygens (including phenoxy) is 1. The summed E-state index contributed by atoms with van der Waals surface area (Å²) in [6.45, 7) is 1.63. The van der Waals surface area contributed by atoms with Gasteiger partial charge in [0.15, 0.2) is 0 Å². The van der Waals surface area contributed by atoms with Gasteiger partial charge in [0, 0.05) is 25.3 Å². The van der Waals surface area contributed by atoms with Crippen LogP contribution in [0.3, 0.4) is 0 Å². The van der Waals surface area contributed by atoms with Crippen molar-refractivity contribution in [2.45, 2.75) is 134 Å². The SMILES string of the molecule is C[C@@H](O)C[C@@H]1C[C@H](O)CCCCCCCCCCCC[C@H](O)C[C@H](O)C=CC(=O)O1. The first-order valence-electron chi connectivity index (χ1n) is 12.0. The van der Waals surface area contributed by atoms with Crippen LogP contribution in [0.1, 0.15) is 103 Å². The third kappa shape index (κ3) is 14.9. The van der Waals surface area contributed by atoms with Crippen LogP contribution in [0.4, 0.5) is 0 Å². The van der Waals surface area contributed by atoms with Crippen LogP contribution < -0.4 is 0 Å². The molecule has 0 aliphatic carbocycles. The number of rotatable bonds is 2. The largest absolute Gasteiger partial charge is 0.459 e. The number of hydrogen-bond acceptors (Lipinski definition) is 6. The summed E-state index contributed by atoms with van der Waals surface area (Å²) >= 11 is 0. The van der Waals surface area contributed by atoms with Gasteiger partial charge in [-0.1, -0.05) is 64.2 Å².